The van der Waals surface area contributed by atoms with Crippen molar-refractivity contribution in [1.29, 1.82) is 0 Å². The zero-order valence-electron chi connectivity index (χ0n) is 8.30. The van der Waals surface area contributed by atoms with Gasteiger partial charge in [0.05, 0.1) is 13.2 Å². The third-order valence-electron chi connectivity index (χ3n) is 2.27. The molecule has 0 bridgehead atoms. The first-order chi connectivity index (χ1) is 7.40. The Labute approximate surface area is 94.5 Å². The minimum atomic E-state index is -0.0253. The molecule has 1 heterocycles. The highest BCUT2D eigenvalue weighted by molar-refractivity contribution is 6.25. The zero-order chi connectivity index (χ0) is 10.5. The summed E-state index contributed by atoms with van der Waals surface area (Å²) in [5.74, 6) is 0. The molecule has 1 saturated heterocycles. The number of hydrogen-bond acceptors (Lipinski definition) is 2. The summed E-state index contributed by atoms with van der Waals surface area (Å²) in [6.45, 7) is 1.35. The van der Waals surface area contributed by atoms with Gasteiger partial charge >= 0.3 is 0 Å². The Bertz CT molecular complexity index is 320. The van der Waals surface area contributed by atoms with Gasteiger partial charge in [0.2, 0.25) is 0 Å². The molecule has 2 nitrogen and oxygen atoms in total. The van der Waals surface area contributed by atoms with E-state index in [2.05, 4.69) is 0 Å². The van der Waals surface area contributed by atoms with E-state index in [0.29, 0.717) is 6.61 Å². The normalized spacial score (nSPS) is 21.8. The maximum absolute atomic E-state index is 5.70. The number of benzene rings is 1. The molecule has 0 N–H and O–H groups in total. The van der Waals surface area contributed by atoms with Crippen LogP contribution in [-0.4, -0.2) is 18.8 Å². The first-order valence-corrected chi connectivity index (χ1v) is 5.38. The predicted octanol–water partition coefficient (Wildman–Crippen LogP) is 2.72. The second-order valence-corrected chi connectivity index (χ2v) is 3.70. The SMILES string of the molecule is Cl/C=C\[C@@H](OCc1ccccc1)[C@@H]1CO1. The van der Waals surface area contributed by atoms with Gasteiger partial charge in [0, 0.05) is 5.54 Å². The van der Waals surface area contributed by atoms with Gasteiger partial charge in [-0.15, -0.1) is 0 Å². The van der Waals surface area contributed by atoms with Crippen molar-refractivity contribution in [3.05, 3.63) is 47.5 Å². The molecule has 1 fully saturated rings. The summed E-state index contributed by atoms with van der Waals surface area (Å²) in [6, 6.07) is 10.1. The lowest BCUT2D eigenvalue weighted by Gasteiger charge is -2.11. The molecule has 0 unspecified atom stereocenters. The standard InChI is InChI=1S/C12H13ClO2/c13-7-6-11(12-9-15-12)14-8-10-4-2-1-3-5-10/h1-7,11-12H,8-9H2/b7-6-/t11-,12+/m1/s1. The fraction of sp³-hybridized carbons (Fsp3) is 0.333. The maximum Gasteiger partial charge on any atom is 0.111 e. The van der Waals surface area contributed by atoms with Crippen LogP contribution < -0.4 is 0 Å². The monoisotopic (exact) mass is 224 g/mol. The summed E-state index contributed by atoms with van der Waals surface area (Å²) in [7, 11) is 0. The van der Waals surface area contributed by atoms with E-state index in [9.17, 15) is 0 Å². The fourth-order valence-corrected chi connectivity index (χ4v) is 1.51. The molecular weight excluding hydrogens is 212 g/mol. The predicted molar refractivity (Wildman–Crippen MR) is 59.8 cm³/mol. The minimum absolute atomic E-state index is 0.0253. The van der Waals surface area contributed by atoms with Crippen LogP contribution in [0.2, 0.25) is 0 Å². The number of rotatable bonds is 5. The second-order valence-electron chi connectivity index (χ2n) is 3.45. The molecule has 0 amide bonds. The van der Waals surface area contributed by atoms with E-state index >= 15 is 0 Å². The average Bonchev–Trinajstić information content (AvgIpc) is 3.09. The number of hydrogen-bond donors (Lipinski definition) is 0. The van der Waals surface area contributed by atoms with Crippen molar-refractivity contribution >= 4 is 11.6 Å². The third kappa shape index (κ3) is 3.34. The van der Waals surface area contributed by atoms with E-state index in [1.165, 1.54) is 5.54 Å². The minimum Gasteiger partial charge on any atom is -0.370 e. The molecule has 80 valence electrons. The number of epoxide rings is 1. The molecule has 1 aromatic rings. The highest BCUT2D eigenvalue weighted by Crippen LogP contribution is 2.19. The Morgan fingerprint density at radius 2 is 2.20 bits per heavy atom. The largest absolute Gasteiger partial charge is 0.370 e. The molecule has 2 rings (SSSR count). The first kappa shape index (κ1) is 10.7. The van der Waals surface area contributed by atoms with Crippen molar-refractivity contribution in [3.8, 4) is 0 Å². The zero-order valence-corrected chi connectivity index (χ0v) is 9.06. The second kappa shape index (κ2) is 5.31. The number of ether oxygens (including phenoxy) is 2. The molecule has 0 radical (unpaired) electrons. The van der Waals surface area contributed by atoms with Gasteiger partial charge in [-0.1, -0.05) is 41.9 Å². The molecular formula is C12H13ClO2. The topological polar surface area (TPSA) is 21.8 Å². The van der Waals surface area contributed by atoms with Crippen LogP contribution in [0.1, 0.15) is 5.56 Å². The summed E-state index contributed by atoms with van der Waals surface area (Å²) >= 11 is 5.53. The Balaban J connectivity index is 1.85. The van der Waals surface area contributed by atoms with E-state index in [-0.39, 0.29) is 12.2 Å². The summed E-state index contributed by atoms with van der Waals surface area (Å²) in [6.07, 6.45) is 1.98. The van der Waals surface area contributed by atoms with E-state index in [1.54, 1.807) is 0 Å². The molecule has 0 aromatic heterocycles. The fourth-order valence-electron chi connectivity index (χ4n) is 1.37. The highest BCUT2D eigenvalue weighted by Gasteiger charge is 2.31. The van der Waals surface area contributed by atoms with Gasteiger partial charge in [-0.2, -0.15) is 0 Å². The van der Waals surface area contributed by atoms with Gasteiger partial charge in [0.25, 0.3) is 0 Å². The summed E-state index contributed by atoms with van der Waals surface area (Å²) in [4.78, 5) is 0. The molecule has 0 aliphatic carbocycles. The van der Waals surface area contributed by atoms with Crippen LogP contribution in [0.3, 0.4) is 0 Å². The van der Waals surface area contributed by atoms with Crippen LogP contribution in [0.4, 0.5) is 0 Å². The lowest BCUT2D eigenvalue weighted by Crippen LogP contribution is -2.16. The summed E-state index contributed by atoms with van der Waals surface area (Å²) < 4.78 is 10.9. The smallest absolute Gasteiger partial charge is 0.111 e. The number of halogens is 1. The van der Waals surface area contributed by atoms with Gasteiger partial charge in [-0.05, 0) is 11.6 Å². The molecule has 0 saturated carbocycles. The van der Waals surface area contributed by atoms with E-state index in [0.717, 1.165) is 12.2 Å². The van der Waals surface area contributed by atoms with Gasteiger partial charge in [-0.25, -0.2) is 0 Å². The molecule has 2 atom stereocenters. The average molecular weight is 225 g/mol. The molecule has 0 spiro atoms. The molecule has 1 aliphatic rings. The van der Waals surface area contributed by atoms with Crippen LogP contribution in [0.15, 0.2) is 41.9 Å². The van der Waals surface area contributed by atoms with Crippen molar-refractivity contribution in [3.63, 3.8) is 0 Å². The maximum atomic E-state index is 5.70. The van der Waals surface area contributed by atoms with Gasteiger partial charge in [0.1, 0.15) is 12.2 Å². The van der Waals surface area contributed by atoms with Crippen molar-refractivity contribution in [2.45, 2.75) is 18.8 Å². The van der Waals surface area contributed by atoms with E-state index in [4.69, 9.17) is 21.1 Å². The Morgan fingerprint density at radius 1 is 1.47 bits per heavy atom. The first-order valence-electron chi connectivity index (χ1n) is 4.94. The van der Waals surface area contributed by atoms with Gasteiger partial charge in [-0.3, -0.25) is 0 Å². The lowest BCUT2D eigenvalue weighted by molar-refractivity contribution is 0.0527. The summed E-state index contributed by atoms with van der Waals surface area (Å²) in [5, 5.41) is 0. The molecule has 3 heteroatoms. The Hall–Kier alpha value is -0.830. The highest BCUT2D eigenvalue weighted by atomic mass is 35.5. The van der Waals surface area contributed by atoms with Crippen LogP contribution >= 0.6 is 11.6 Å². The van der Waals surface area contributed by atoms with Crippen molar-refractivity contribution in [2.24, 2.45) is 0 Å². The Morgan fingerprint density at radius 3 is 2.80 bits per heavy atom. The van der Waals surface area contributed by atoms with Crippen LogP contribution in [0.25, 0.3) is 0 Å². The van der Waals surface area contributed by atoms with Crippen LogP contribution in [0.5, 0.6) is 0 Å². The summed E-state index contributed by atoms with van der Waals surface area (Å²) in [5.41, 5.74) is 2.64. The van der Waals surface area contributed by atoms with Crippen molar-refractivity contribution in [2.75, 3.05) is 6.61 Å². The quantitative estimate of drug-likeness (QED) is 0.718. The van der Waals surface area contributed by atoms with Crippen molar-refractivity contribution in [1.82, 2.24) is 0 Å². The van der Waals surface area contributed by atoms with Crippen LogP contribution in [0, 0.1) is 0 Å². The van der Waals surface area contributed by atoms with Crippen LogP contribution in [-0.2, 0) is 16.1 Å². The van der Waals surface area contributed by atoms with E-state index < -0.39 is 0 Å². The van der Waals surface area contributed by atoms with E-state index in [1.807, 2.05) is 36.4 Å². The van der Waals surface area contributed by atoms with Crippen molar-refractivity contribution < 1.29 is 9.47 Å². The third-order valence-corrected chi connectivity index (χ3v) is 2.42. The Kier molecular flexibility index (Phi) is 3.78. The lowest BCUT2D eigenvalue weighted by atomic mass is 10.2. The van der Waals surface area contributed by atoms with Gasteiger partial charge < -0.3 is 9.47 Å². The molecule has 15 heavy (non-hydrogen) atoms. The molecule has 1 aliphatic heterocycles. The van der Waals surface area contributed by atoms with Gasteiger partial charge in [0.15, 0.2) is 0 Å². The molecule has 1 aromatic carbocycles.